The first-order chi connectivity index (χ1) is 14.9. The van der Waals surface area contributed by atoms with Gasteiger partial charge < -0.3 is 22.3 Å². The zero-order valence-electron chi connectivity index (χ0n) is 20.7. The standard InChI is InChI=1S/C13H20N2OS.C8H8N.C3H5.C2H6.Na/c1-3-5-15-9-10-7-11(17)8-12(13(10)14)16-6-4-2;1-6-3-4-8(9)7(2)5-6;1-2-3-1;1-2;/h7-9,17H,3-6,14H2,1-2H3;2-5,9H,1H3;1H,2-3H2;1-2H3;/q;2*-1;;+1. The average Bonchev–Trinajstić information content (AvgIpc) is 3.64. The van der Waals surface area contributed by atoms with Crippen LogP contribution in [0.1, 0.15) is 65.9 Å². The van der Waals surface area contributed by atoms with Crippen molar-refractivity contribution < 1.29 is 34.3 Å². The van der Waals surface area contributed by atoms with Crippen LogP contribution in [0.3, 0.4) is 0 Å². The molecule has 0 atom stereocenters. The molecule has 3 rings (SSSR count). The summed E-state index contributed by atoms with van der Waals surface area (Å²) in [5.41, 5.74) is 9.59. The largest absolute Gasteiger partial charge is 1.00 e. The van der Waals surface area contributed by atoms with Gasteiger partial charge in [-0.25, -0.2) is 19.4 Å². The van der Waals surface area contributed by atoms with Gasteiger partial charge in [-0.2, -0.15) is 11.6 Å². The summed E-state index contributed by atoms with van der Waals surface area (Å²) >= 11 is 4.34. The fourth-order valence-corrected chi connectivity index (χ4v) is 2.30. The van der Waals surface area contributed by atoms with Gasteiger partial charge in [-0.3, -0.25) is 4.99 Å². The van der Waals surface area contributed by atoms with Crippen LogP contribution in [-0.4, -0.2) is 25.1 Å². The van der Waals surface area contributed by atoms with Gasteiger partial charge in [0.25, 0.3) is 0 Å². The van der Waals surface area contributed by atoms with E-state index in [-0.39, 0.29) is 29.6 Å². The Labute approximate surface area is 223 Å². The first-order valence-electron chi connectivity index (χ1n) is 11.0. The molecular formula is C26H39N3NaOS-. The van der Waals surface area contributed by atoms with Crippen LogP contribution in [-0.2, 0) is 0 Å². The van der Waals surface area contributed by atoms with Crippen molar-refractivity contribution in [2.24, 2.45) is 4.99 Å². The third-order valence-electron chi connectivity index (χ3n) is 3.70. The van der Waals surface area contributed by atoms with Crippen LogP contribution in [0.5, 0.6) is 5.75 Å². The topological polar surface area (TPSA) is 71.5 Å². The van der Waals surface area contributed by atoms with E-state index in [0.29, 0.717) is 29.3 Å². The zero-order chi connectivity index (χ0) is 23.6. The Kier molecular flexibility index (Phi) is 20.9. The number of benzene rings is 1. The molecular weight excluding hydrogens is 425 g/mol. The molecule has 1 aromatic carbocycles. The Morgan fingerprint density at radius 3 is 2.31 bits per heavy atom. The second kappa shape index (κ2) is 20.3. The molecule has 0 radical (unpaired) electrons. The predicted octanol–water partition coefficient (Wildman–Crippen LogP) is 4.07. The second-order valence-electron chi connectivity index (χ2n) is 6.79. The first-order valence-corrected chi connectivity index (χ1v) is 11.5. The van der Waals surface area contributed by atoms with Crippen LogP contribution >= 0.6 is 12.6 Å². The number of nitrogen functional groups attached to an aromatic ring is 1. The van der Waals surface area contributed by atoms with Gasteiger partial charge in [-0.1, -0.05) is 46.8 Å². The van der Waals surface area contributed by atoms with Gasteiger partial charge in [0, 0.05) is 23.2 Å². The number of nitrogens with two attached hydrogens (primary N) is 1. The summed E-state index contributed by atoms with van der Waals surface area (Å²) in [6, 6.07) is 3.74. The second-order valence-corrected chi connectivity index (χ2v) is 7.30. The first kappa shape index (κ1) is 32.9. The number of nitrogens with one attached hydrogen (secondary N) is 1. The maximum atomic E-state index is 7.19. The summed E-state index contributed by atoms with van der Waals surface area (Å²) < 4.78 is 5.58. The summed E-state index contributed by atoms with van der Waals surface area (Å²) in [6.07, 6.45) is 14.1. The molecule has 3 N–H and O–H groups in total. The minimum atomic E-state index is 0. The summed E-state index contributed by atoms with van der Waals surface area (Å²) in [5.74, 6) is 0.692. The Hall–Kier alpha value is -1.27. The Bertz CT molecular complexity index is 781. The van der Waals surface area contributed by atoms with Crippen molar-refractivity contribution in [3.8, 4) is 5.75 Å². The van der Waals surface area contributed by atoms with Gasteiger partial charge in [0.2, 0.25) is 0 Å². The van der Waals surface area contributed by atoms with Crippen LogP contribution in [0.2, 0.25) is 0 Å². The van der Waals surface area contributed by atoms with Crippen molar-refractivity contribution in [2.75, 3.05) is 18.9 Å². The minimum absolute atomic E-state index is 0. The number of rotatable bonds is 6. The van der Waals surface area contributed by atoms with E-state index < -0.39 is 0 Å². The molecule has 0 saturated heterocycles. The molecule has 32 heavy (non-hydrogen) atoms. The summed E-state index contributed by atoms with van der Waals surface area (Å²) in [7, 11) is 0. The third-order valence-corrected chi connectivity index (χ3v) is 3.96. The number of hydrogen-bond donors (Lipinski definition) is 3. The maximum Gasteiger partial charge on any atom is 1.00 e. The molecule has 6 heteroatoms. The Morgan fingerprint density at radius 1 is 1.22 bits per heavy atom. The number of thiol groups is 1. The number of aliphatic imine (C=N–C) groups is 1. The summed E-state index contributed by atoms with van der Waals surface area (Å²) in [4.78, 5) is 5.13. The Morgan fingerprint density at radius 2 is 1.84 bits per heavy atom. The monoisotopic (exact) mass is 464 g/mol. The minimum Gasteiger partial charge on any atom is -0.491 e. The molecule has 0 spiro atoms. The molecule has 1 aromatic rings. The van der Waals surface area contributed by atoms with Crippen LogP contribution in [0, 0.1) is 18.4 Å². The van der Waals surface area contributed by atoms with Gasteiger partial charge in [-0.15, -0.1) is 18.2 Å². The fourth-order valence-electron chi connectivity index (χ4n) is 2.05. The van der Waals surface area contributed by atoms with E-state index in [1.54, 1.807) is 18.4 Å². The van der Waals surface area contributed by atoms with E-state index >= 15 is 0 Å². The molecule has 0 unspecified atom stereocenters. The van der Waals surface area contributed by atoms with Gasteiger partial charge >= 0.3 is 29.6 Å². The summed E-state index contributed by atoms with van der Waals surface area (Å²) in [5, 5.41) is 7.19. The quantitative estimate of drug-likeness (QED) is 0.195. The van der Waals surface area contributed by atoms with Crippen LogP contribution < -0.4 is 40.0 Å². The molecule has 2 aliphatic rings. The number of allylic oxidation sites excluding steroid dienone is 5. The van der Waals surface area contributed by atoms with Crippen LogP contribution in [0.4, 0.5) is 5.69 Å². The molecule has 0 aliphatic heterocycles. The number of nitrogens with zero attached hydrogens (tertiary/aromatic N) is 1. The van der Waals surface area contributed by atoms with Crippen molar-refractivity contribution >= 4 is 30.2 Å². The molecule has 1 saturated carbocycles. The smallest absolute Gasteiger partial charge is 0.491 e. The van der Waals surface area contributed by atoms with Crippen molar-refractivity contribution in [2.45, 2.75) is 65.2 Å². The molecule has 2 aliphatic carbocycles. The van der Waals surface area contributed by atoms with Gasteiger partial charge in [0.1, 0.15) is 5.75 Å². The van der Waals surface area contributed by atoms with E-state index in [1.807, 2.05) is 39.0 Å². The molecule has 1 fully saturated rings. The fraction of sp³-hybridized carbons (Fsp3) is 0.423. The van der Waals surface area contributed by atoms with Crippen molar-refractivity contribution in [3.05, 3.63) is 60.1 Å². The maximum absolute atomic E-state index is 7.19. The number of ether oxygens (including phenoxy) is 1. The zero-order valence-corrected chi connectivity index (χ0v) is 23.6. The average molecular weight is 465 g/mol. The van der Waals surface area contributed by atoms with Crippen molar-refractivity contribution in [1.82, 2.24) is 0 Å². The van der Waals surface area contributed by atoms with Gasteiger partial charge in [0.15, 0.2) is 0 Å². The molecule has 4 nitrogen and oxygen atoms in total. The van der Waals surface area contributed by atoms with E-state index in [0.717, 1.165) is 35.4 Å². The van der Waals surface area contributed by atoms with Crippen molar-refractivity contribution in [3.63, 3.8) is 0 Å². The van der Waals surface area contributed by atoms with E-state index in [9.17, 15) is 0 Å². The van der Waals surface area contributed by atoms with E-state index in [1.165, 1.54) is 12.8 Å². The molecule has 0 heterocycles. The molecule has 0 bridgehead atoms. The van der Waals surface area contributed by atoms with Crippen LogP contribution in [0.25, 0.3) is 0 Å². The Balaban J connectivity index is 0. The third kappa shape index (κ3) is 15.5. The molecule has 0 amide bonds. The normalized spacial score (nSPS) is 13.4. The molecule has 172 valence electrons. The van der Waals surface area contributed by atoms with E-state index in [2.05, 4.69) is 37.9 Å². The van der Waals surface area contributed by atoms with Gasteiger partial charge in [-0.05, 0) is 30.7 Å². The van der Waals surface area contributed by atoms with Crippen molar-refractivity contribution in [1.29, 1.82) is 5.41 Å². The summed E-state index contributed by atoms with van der Waals surface area (Å²) in [6.45, 7) is 17.0. The van der Waals surface area contributed by atoms with Gasteiger partial charge in [0.05, 0.1) is 12.3 Å². The SMILES string of the molecule is CC.CCCN=Cc1cc(S)cc(OCCC)c1N.[CH-]1CC1.[CH-]=C1C=C(C)C=CC1=N.[Na+]. The van der Waals surface area contributed by atoms with Crippen LogP contribution in [0.15, 0.2) is 51.4 Å². The number of hydrogen-bond acceptors (Lipinski definition) is 5. The predicted molar refractivity (Wildman–Crippen MR) is 140 cm³/mol. The molecule has 0 aromatic heterocycles. The number of anilines is 1. The van der Waals surface area contributed by atoms with E-state index in [4.69, 9.17) is 22.5 Å².